The van der Waals surface area contributed by atoms with Crippen molar-refractivity contribution in [2.75, 3.05) is 13.1 Å². The standard InChI is InChI=1S/C18H20N2O4S/c21-18(24-14-15-8-4-5-11-19-15)16-9-2-3-10-17(16)25(22,23)20-12-6-1-7-13-20/h2-5,8-11H,1,6-7,12-14H2. The molecule has 0 radical (unpaired) electrons. The molecule has 1 aliphatic heterocycles. The molecule has 132 valence electrons. The molecule has 1 fully saturated rings. The van der Waals surface area contributed by atoms with Crippen LogP contribution in [0.2, 0.25) is 0 Å². The third-order valence-electron chi connectivity index (χ3n) is 4.12. The van der Waals surface area contributed by atoms with Crippen molar-refractivity contribution >= 4 is 16.0 Å². The van der Waals surface area contributed by atoms with E-state index in [-0.39, 0.29) is 17.1 Å². The minimum Gasteiger partial charge on any atom is -0.456 e. The molecular weight excluding hydrogens is 340 g/mol. The number of ether oxygens (including phenoxy) is 1. The van der Waals surface area contributed by atoms with Gasteiger partial charge < -0.3 is 4.74 Å². The van der Waals surface area contributed by atoms with Gasteiger partial charge in [0.2, 0.25) is 10.0 Å². The second-order valence-corrected chi connectivity index (χ2v) is 7.76. The number of hydrogen-bond acceptors (Lipinski definition) is 5. The lowest BCUT2D eigenvalue weighted by Crippen LogP contribution is -2.36. The number of piperidine rings is 1. The van der Waals surface area contributed by atoms with E-state index in [1.165, 1.54) is 16.4 Å². The average molecular weight is 360 g/mol. The molecule has 1 aliphatic rings. The monoisotopic (exact) mass is 360 g/mol. The highest BCUT2D eigenvalue weighted by Gasteiger charge is 2.30. The van der Waals surface area contributed by atoms with Crippen LogP contribution < -0.4 is 0 Å². The predicted molar refractivity (Wildman–Crippen MR) is 92.4 cm³/mol. The van der Waals surface area contributed by atoms with E-state index in [0.717, 1.165) is 19.3 Å². The van der Waals surface area contributed by atoms with Gasteiger partial charge in [-0.2, -0.15) is 4.31 Å². The van der Waals surface area contributed by atoms with Crippen LogP contribution in [-0.2, 0) is 21.4 Å². The molecule has 0 atom stereocenters. The molecule has 3 rings (SSSR count). The van der Waals surface area contributed by atoms with Crippen LogP contribution in [-0.4, -0.2) is 36.8 Å². The number of aromatic nitrogens is 1. The maximum absolute atomic E-state index is 12.9. The van der Waals surface area contributed by atoms with Crippen molar-refractivity contribution in [2.24, 2.45) is 0 Å². The summed E-state index contributed by atoms with van der Waals surface area (Å²) in [4.78, 5) is 16.5. The number of benzene rings is 1. The Kier molecular flexibility index (Phi) is 5.45. The molecular formula is C18H20N2O4S. The van der Waals surface area contributed by atoms with Gasteiger partial charge in [-0.15, -0.1) is 0 Å². The zero-order valence-corrected chi connectivity index (χ0v) is 14.6. The van der Waals surface area contributed by atoms with E-state index in [1.807, 2.05) is 0 Å². The van der Waals surface area contributed by atoms with Gasteiger partial charge in [0, 0.05) is 19.3 Å². The summed E-state index contributed by atoms with van der Waals surface area (Å²) in [7, 11) is -3.70. The van der Waals surface area contributed by atoms with Crippen LogP contribution in [0.4, 0.5) is 0 Å². The van der Waals surface area contributed by atoms with Crippen LogP contribution in [0.3, 0.4) is 0 Å². The molecule has 0 amide bonds. The number of carbonyl (C=O) groups is 1. The molecule has 0 spiro atoms. The Labute approximate surface area is 147 Å². The van der Waals surface area contributed by atoms with Gasteiger partial charge in [0.05, 0.1) is 16.2 Å². The summed E-state index contributed by atoms with van der Waals surface area (Å²) < 4.78 is 32.5. The maximum atomic E-state index is 12.9. The predicted octanol–water partition coefficient (Wildman–Crippen LogP) is 2.61. The highest BCUT2D eigenvalue weighted by atomic mass is 32.2. The van der Waals surface area contributed by atoms with Crippen molar-refractivity contribution in [1.29, 1.82) is 0 Å². The number of pyridine rings is 1. The highest BCUT2D eigenvalue weighted by molar-refractivity contribution is 7.89. The van der Waals surface area contributed by atoms with Gasteiger partial charge in [-0.3, -0.25) is 4.98 Å². The first-order chi connectivity index (χ1) is 12.1. The normalized spacial score (nSPS) is 15.7. The Morgan fingerprint density at radius 3 is 2.48 bits per heavy atom. The van der Waals surface area contributed by atoms with Crippen molar-refractivity contribution in [3.05, 3.63) is 59.9 Å². The molecule has 0 saturated carbocycles. The third kappa shape index (κ3) is 4.05. The molecule has 0 bridgehead atoms. The fourth-order valence-electron chi connectivity index (χ4n) is 2.81. The number of nitrogens with zero attached hydrogens (tertiary/aromatic N) is 2. The van der Waals surface area contributed by atoms with E-state index in [9.17, 15) is 13.2 Å². The molecule has 1 aromatic heterocycles. The summed E-state index contributed by atoms with van der Waals surface area (Å²) in [6, 6.07) is 11.5. The smallest absolute Gasteiger partial charge is 0.339 e. The van der Waals surface area contributed by atoms with E-state index in [2.05, 4.69) is 4.98 Å². The third-order valence-corrected chi connectivity index (χ3v) is 6.07. The molecule has 25 heavy (non-hydrogen) atoms. The van der Waals surface area contributed by atoms with Crippen molar-refractivity contribution in [1.82, 2.24) is 9.29 Å². The molecule has 1 aromatic carbocycles. The summed E-state index contributed by atoms with van der Waals surface area (Å²) in [5, 5.41) is 0. The SMILES string of the molecule is O=C(OCc1ccccn1)c1ccccc1S(=O)(=O)N1CCCCC1. The van der Waals surface area contributed by atoms with Gasteiger partial charge in [-0.1, -0.05) is 24.6 Å². The van der Waals surface area contributed by atoms with Gasteiger partial charge >= 0.3 is 5.97 Å². The highest BCUT2D eigenvalue weighted by Crippen LogP contribution is 2.24. The summed E-state index contributed by atoms with van der Waals surface area (Å²) in [6.07, 6.45) is 4.31. The lowest BCUT2D eigenvalue weighted by atomic mass is 10.2. The number of esters is 1. The first-order valence-corrected chi connectivity index (χ1v) is 9.69. The van der Waals surface area contributed by atoms with Gasteiger partial charge in [0.25, 0.3) is 0 Å². The van der Waals surface area contributed by atoms with E-state index >= 15 is 0 Å². The fraction of sp³-hybridized carbons (Fsp3) is 0.333. The molecule has 2 heterocycles. The fourth-order valence-corrected chi connectivity index (χ4v) is 4.50. The molecule has 2 aromatic rings. The molecule has 1 saturated heterocycles. The summed E-state index contributed by atoms with van der Waals surface area (Å²) >= 11 is 0. The molecule has 0 unspecified atom stereocenters. The molecule has 6 nitrogen and oxygen atoms in total. The van der Waals surface area contributed by atoms with Crippen molar-refractivity contribution in [3.63, 3.8) is 0 Å². The summed E-state index contributed by atoms with van der Waals surface area (Å²) in [5.74, 6) is -0.665. The Bertz CT molecular complexity index is 831. The minimum atomic E-state index is -3.70. The van der Waals surface area contributed by atoms with Crippen LogP contribution in [0.25, 0.3) is 0 Å². The first-order valence-electron chi connectivity index (χ1n) is 8.25. The minimum absolute atomic E-state index is 0.00221. The van der Waals surface area contributed by atoms with Crippen molar-refractivity contribution < 1.29 is 17.9 Å². The number of hydrogen-bond donors (Lipinski definition) is 0. The average Bonchev–Trinajstić information content (AvgIpc) is 2.67. The Morgan fingerprint density at radius 2 is 1.76 bits per heavy atom. The first kappa shape index (κ1) is 17.6. The maximum Gasteiger partial charge on any atom is 0.339 e. The van der Waals surface area contributed by atoms with E-state index in [0.29, 0.717) is 18.8 Å². The zero-order valence-electron chi connectivity index (χ0n) is 13.8. The zero-order chi connectivity index (χ0) is 17.7. The Morgan fingerprint density at radius 1 is 1.04 bits per heavy atom. The van der Waals surface area contributed by atoms with Gasteiger partial charge in [-0.05, 0) is 37.1 Å². The quantitative estimate of drug-likeness (QED) is 0.766. The molecule has 0 N–H and O–H groups in total. The van der Waals surface area contributed by atoms with Crippen LogP contribution >= 0.6 is 0 Å². The lowest BCUT2D eigenvalue weighted by Gasteiger charge is -2.26. The van der Waals surface area contributed by atoms with Crippen LogP contribution in [0, 0.1) is 0 Å². The molecule has 7 heteroatoms. The van der Waals surface area contributed by atoms with Crippen molar-refractivity contribution in [3.8, 4) is 0 Å². The molecule has 0 aliphatic carbocycles. The van der Waals surface area contributed by atoms with Gasteiger partial charge in [0.1, 0.15) is 6.61 Å². The topological polar surface area (TPSA) is 76.6 Å². The second kappa shape index (κ2) is 7.76. The van der Waals surface area contributed by atoms with Crippen LogP contribution in [0.1, 0.15) is 35.3 Å². The summed E-state index contributed by atoms with van der Waals surface area (Å²) in [5.41, 5.74) is 0.663. The summed E-state index contributed by atoms with van der Waals surface area (Å²) in [6.45, 7) is 0.969. The van der Waals surface area contributed by atoms with E-state index < -0.39 is 16.0 Å². The van der Waals surface area contributed by atoms with Gasteiger partial charge in [-0.25, -0.2) is 13.2 Å². The van der Waals surface area contributed by atoms with E-state index in [4.69, 9.17) is 4.74 Å². The number of sulfonamides is 1. The van der Waals surface area contributed by atoms with Crippen molar-refractivity contribution in [2.45, 2.75) is 30.8 Å². The number of carbonyl (C=O) groups excluding carboxylic acids is 1. The van der Waals surface area contributed by atoms with Crippen LogP contribution in [0.5, 0.6) is 0 Å². The van der Waals surface area contributed by atoms with Gasteiger partial charge in [0.15, 0.2) is 0 Å². The van der Waals surface area contributed by atoms with E-state index in [1.54, 1.807) is 36.5 Å². The Balaban J connectivity index is 1.81. The van der Waals surface area contributed by atoms with Crippen LogP contribution in [0.15, 0.2) is 53.6 Å². The Hall–Kier alpha value is -2.25. The lowest BCUT2D eigenvalue weighted by molar-refractivity contribution is 0.0463. The number of rotatable bonds is 5. The second-order valence-electron chi connectivity index (χ2n) is 5.86. The largest absolute Gasteiger partial charge is 0.456 e.